The van der Waals surface area contributed by atoms with Crippen molar-refractivity contribution in [2.24, 2.45) is 0 Å². The van der Waals surface area contributed by atoms with E-state index in [0.29, 0.717) is 5.56 Å². The van der Waals surface area contributed by atoms with Crippen molar-refractivity contribution in [2.45, 2.75) is 12.8 Å². The van der Waals surface area contributed by atoms with Crippen LogP contribution in [0, 0.1) is 0 Å². The first-order valence-electron chi connectivity index (χ1n) is 9.22. The molecule has 1 aromatic carbocycles. The molecule has 3 heterocycles. The van der Waals surface area contributed by atoms with Gasteiger partial charge in [0.25, 0.3) is 0 Å². The molecule has 0 spiro atoms. The molecule has 29 heavy (non-hydrogen) atoms. The number of hydrogen-bond acceptors (Lipinski definition) is 5. The van der Waals surface area contributed by atoms with Gasteiger partial charge in [-0.1, -0.05) is 12.1 Å². The van der Waals surface area contributed by atoms with E-state index in [4.69, 9.17) is 5.11 Å². The van der Waals surface area contributed by atoms with Crippen LogP contribution in [-0.4, -0.2) is 46.2 Å². The first kappa shape index (κ1) is 19.3. The van der Waals surface area contributed by atoms with Crippen LogP contribution in [0.5, 0.6) is 0 Å². The van der Waals surface area contributed by atoms with Crippen LogP contribution in [0.15, 0.2) is 48.8 Å². The van der Waals surface area contributed by atoms with E-state index in [0.717, 1.165) is 49.4 Å². The molecule has 2 aromatic heterocycles. The topological polar surface area (TPSA) is 68.3 Å². The minimum absolute atomic E-state index is 0.0330. The molecular weight excluding hydrogens is 383 g/mol. The third-order valence-corrected chi connectivity index (χ3v) is 4.99. The Labute approximate surface area is 165 Å². The van der Waals surface area contributed by atoms with E-state index in [1.807, 2.05) is 24.3 Å². The molecule has 0 bridgehead atoms. The smallest absolute Gasteiger partial charge is 0.392 e. The Balaban J connectivity index is 1.39. The lowest BCUT2D eigenvalue weighted by atomic mass is 10.2. The highest BCUT2D eigenvalue weighted by atomic mass is 19.4. The number of aromatic amines is 1. The van der Waals surface area contributed by atoms with Crippen molar-refractivity contribution in [3.8, 4) is 11.4 Å². The van der Waals surface area contributed by atoms with Crippen molar-refractivity contribution in [1.82, 2.24) is 15.0 Å². The van der Waals surface area contributed by atoms with Crippen LogP contribution in [0.4, 0.5) is 24.7 Å². The molecule has 152 valence electrons. The predicted molar refractivity (Wildman–Crippen MR) is 104 cm³/mol. The number of anilines is 2. The molecule has 0 radical (unpaired) electrons. The summed E-state index contributed by atoms with van der Waals surface area (Å²) in [6.07, 6.45) is -2.12. The van der Waals surface area contributed by atoms with Crippen LogP contribution in [0.3, 0.4) is 0 Å². The number of nitrogens with zero attached hydrogens (tertiary/aromatic N) is 4. The highest BCUT2D eigenvalue weighted by molar-refractivity contribution is 5.57. The Morgan fingerprint density at radius 2 is 1.59 bits per heavy atom. The van der Waals surface area contributed by atoms with Gasteiger partial charge in [-0.05, 0) is 29.8 Å². The number of rotatable bonds is 4. The van der Waals surface area contributed by atoms with E-state index < -0.39 is 11.9 Å². The molecule has 0 atom stereocenters. The van der Waals surface area contributed by atoms with Crippen molar-refractivity contribution < 1.29 is 18.3 Å². The zero-order chi connectivity index (χ0) is 20.4. The van der Waals surface area contributed by atoms with Crippen LogP contribution in [0.25, 0.3) is 11.4 Å². The summed E-state index contributed by atoms with van der Waals surface area (Å²) in [6.45, 7) is 3.26. The maximum Gasteiger partial charge on any atom is 0.432 e. The fourth-order valence-electron chi connectivity index (χ4n) is 3.33. The number of hydrogen-bond donors (Lipinski definition) is 2. The summed E-state index contributed by atoms with van der Waals surface area (Å²) in [4.78, 5) is 14.9. The molecule has 0 aliphatic carbocycles. The lowest BCUT2D eigenvalue weighted by Crippen LogP contribution is -2.46. The molecule has 1 fully saturated rings. The molecule has 0 unspecified atom stereocenters. The van der Waals surface area contributed by atoms with Crippen LogP contribution in [0.2, 0.25) is 0 Å². The predicted octanol–water partition coefficient (Wildman–Crippen LogP) is 3.31. The summed E-state index contributed by atoms with van der Waals surface area (Å²) in [5.41, 5.74) is 1.63. The monoisotopic (exact) mass is 403 g/mol. The molecule has 1 aliphatic heterocycles. The summed E-state index contributed by atoms with van der Waals surface area (Å²) < 4.78 is 38.1. The van der Waals surface area contributed by atoms with E-state index in [1.165, 1.54) is 6.20 Å². The lowest BCUT2D eigenvalue weighted by molar-refractivity contribution is -0.140. The third kappa shape index (κ3) is 4.19. The first-order valence-corrected chi connectivity index (χ1v) is 9.22. The van der Waals surface area contributed by atoms with Crippen molar-refractivity contribution in [3.05, 3.63) is 60.0 Å². The van der Waals surface area contributed by atoms with Gasteiger partial charge in [0.05, 0.1) is 12.8 Å². The van der Waals surface area contributed by atoms with Crippen LogP contribution in [-0.2, 0) is 12.8 Å². The lowest BCUT2D eigenvalue weighted by Gasteiger charge is -2.36. The second-order valence-electron chi connectivity index (χ2n) is 6.85. The number of halogens is 3. The van der Waals surface area contributed by atoms with Gasteiger partial charge in [0.2, 0.25) is 0 Å². The number of piperazine rings is 1. The van der Waals surface area contributed by atoms with Crippen LogP contribution in [0.1, 0.15) is 11.3 Å². The second-order valence-corrected chi connectivity index (χ2v) is 6.85. The van der Waals surface area contributed by atoms with Crippen LogP contribution >= 0.6 is 0 Å². The Morgan fingerprint density at radius 3 is 2.14 bits per heavy atom. The van der Waals surface area contributed by atoms with E-state index in [1.54, 1.807) is 12.1 Å². The standard InChI is InChI=1S/C20H20F3N5O/c21-20(22,23)17-12-25-19(26-17)15-3-6-18(24-11-15)28-9-7-27(8-10-28)16-4-1-14(13-29)2-5-16/h1-6,11-12,29H,7-10,13H2,(H,25,26). The Hall–Kier alpha value is -3.07. The number of aromatic nitrogens is 3. The minimum Gasteiger partial charge on any atom is -0.392 e. The molecule has 1 aliphatic rings. The van der Waals surface area contributed by atoms with E-state index >= 15 is 0 Å². The van der Waals surface area contributed by atoms with Gasteiger partial charge in [0, 0.05) is 43.6 Å². The van der Waals surface area contributed by atoms with Gasteiger partial charge in [-0.15, -0.1) is 0 Å². The summed E-state index contributed by atoms with van der Waals surface area (Å²) in [6, 6.07) is 11.4. The Kier molecular flexibility index (Phi) is 5.14. The molecule has 2 N–H and O–H groups in total. The number of alkyl halides is 3. The fourth-order valence-corrected chi connectivity index (χ4v) is 3.33. The summed E-state index contributed by atoms with van der Waals surface area (Å²) in [5.74, 6) is 0.930. The van der Waals surface area contributed by atoms with Gasteiger partial charge in [-0.2, -0.15) is 13.2 Å². The number of aliphatic hydroxyl groups is 1. The zero-order valence-electron chi connectivity index (χ0n) is 15.5. The number of pyridine rings is 1. The first-order chi connectivity index (χ1) is 13.9. The normalized spacial score (nSPS) is 15.0. The van der Waals surface area contributed by atoms with Gasteiger partial charge < -0.3 is 19.9 Å². The largest absolute Gasteiger partial charge is 0.432 e. The van der Waals surface area contributed by atoms with E-state index in [-0.39, 0.29) is 12.4 Å². The van der Waals surface area contributed by atoms with Crippen molar-refractivity contribution >= 4 is 11.5 Å². The molecule has 0 amide bonds. The van der Waals surface area contributed by atoms with Crippen molar-refractivity contribution in [3.63, 3.8) is 0 Å². The number of benzene rings is 1. The Bertz CT molecular complexity index is 945. The van der Waals surface area contributed by atoms with Crippen molar-refractivity contribution in [2.75, 3.05) is 36.0 Å². The van der Waals surface area contributed by atoms with Gasteiger partial charge in [-0.3, -0.25) is 0 Å². The molecule has 4 rings (SSSR count). The van der Waals surface area contributed by atoms with Gasteiger partial charge >= 0.3 is 6.18 Å². The van der Waals surface area contributed by atoms with E-state index in [9.17, 15) is 13.2 Å². The third-order valence-electron chi connectivity index (χ3n) is 4.99. The fraction of sp³-hybridized carbons (Fsp3) is 0.300. The number of H-pyrrole nitrogens is 1. The molecule has 0 saturated carbocycles. The van der Waals surface area contributed by atoms with Gasteiger partial charge in [0.1, 0.15) is 17.3 Å². The minimum atomic E-state index is -4.45. The average Bonchev–Trinajstić information content (AvgIpc) is 3.25. The summed E-state index contributed by atoms with van der Waals surface area (Å²) in [7, 11) is 0. The number of aliphatic hydroxyl groups excluding tert-OH is 1. The molecule has 3 aromatic rings. The maximum absolute atomic E-state index is 12.7. The molecule has 1 saturated heterocycles. The summed E-state index contributed by atoms with van der Waals surface area (Å²) in [5, 5.41) is 9.15. The van der Waals surface area contributed by atoms with Crippen molar-refractivity contribution in [1.29, 1.82) is 0 Å². The molecule has 6 nitrogen and oxygen atoms in total. The second kappa shape index (κ2) is 7.75. The molecular formula is C20H20F3N5O. The SMILES string of the molecule is OCc1ccc(N2CCN(c3ccc(-c4ncc(C(F)(F)F)[nH]4)cn3)CC2)cc1. The van der Waals surface area contributed by atoms with Gasteiger partial charge in [0.15, 0.2) is 0 Å². The van der Waals surface area contributed by atoms with E-state index in [2.05, 4.69) is 24.8 Å². The number of nitrogens with one attached hydrogen (secondary N) is 1. The quantitative estimate of drug-likeness (QED) is 0.700. The molecule has 9 heteroatoms. The highest BCUT2D eigenvalue weighted by Crippen LogP contribution is 2.29. The maximum atomic E-state index is 12.7. The van der Waals surface area contributed by atoms with Gasteiger partial charge in [-0.25, -0.2) is 9.97 Å². The number of imidazole rings is 1. The highest BCUT2D eigenvalue weighted by Gasteiger charge is 2.33. The van der Waals surface area contributed by atoms with Crippen LogP contribution < -0.4 is 9.80 Å². The average molecular weight is 403 g/mol. The summed E-state index contributed by atoms with van der Waals surface area (Å²) >= 11 is 0. The Morgan fingerprint density at radius 1 is 0.897 bits per heavy atom. The zero-order valence-corrected chi connectivity index (χ0v) is 15.5.